The summed E-state index contributed by atoms with van der Waals surface area (Å²) in [5.41, 5.74) is 8.55. The molecular formula is C21H31Cl2N3O2. The van der Waals surface area contributed by atoms with Crippen molar-refractivity contribution in [2.24, 2.45) is 11.1 Å². The van der Waals surface area contributed by atoms with Crippen LogP contribution in [0.15, 0.2) is 36.5 Å². The molecule has 0 bridgehead atoms. The van der Waals surface area contributed by atoms with Crippen LogP contribution in [0.2, 0.25) is 0 Å². The summed E-state index contributed by atoms with van der Waals surface area (Å²) < 4.78 is 5.92. The minimum Gasteiger partial charge on any atom is -0.439 e. The van der Waals surface area contributed by atoms with E-state index in [9.17, 15) is 4.79 Å². The van der Waals surface area contributed by atoms with Gasteiger partial charge in [0.15, 0.2) is 0 Å². The maximum Gasteiger partial charge on any atom is 0.227 e. The van der Waals surface area contributed by atoms with Crippen LogP contribution in [0.25, 0.3) is 0 Å². The van der Waals surface area contributed by atoms with Crippen molar-refractivity contribution >= 4 is 30.7 Å². The van der Waals surface area contributed by atoms with E-state index >= 15 is 0 Å². The minimum absolute atomic E-state index is 0. The Morgan fingerprint density at radius 3 is 2.46 bits per heavy atom. The Hall–Kier alpha value is -1.82. The smallest absolute Gasteiger partial charge is 0.227 e. The number of aromatic nitrogens is 1. The molecule has 2 rings (SSSR count). The summed E-state index contributed by atoms with van der Waals surface area (Å²) in [4.78, 5) is 16.8. The third-order valence-electron chi connectivity index (χ3n) is 5.25. The molecule has 3 N–H and O–H groups in total. The normalized spacial score (nSPS) is 10.5. The lowest BCUT2D eigenvalue weighted by Crippen LogP contribution is -2.45. The van der Waals surface area contributed by atoms with E-state index in [1.807, 2.05) is 58.0 Å². The highest BCUT2D eigenvalue weighted by Crippen LogP contribution is 2.27. The van der Waals surface area contributed by atoms with Gasteiger partial charge in [-0.3, -0.25) is 4.79 Å². The largest absolute Gasteiger partial charge is 0.439 e. The molecule has 5 nitrogen and oxygen atoms in total. The molecule has 1 aromatic carbocycles. The Balaban J connectivity index is 0.00000364. The monoisotopic (exact) mass is 427 g/mol. The maximum atomic E-state index is 12.6. The molecule has 1 amide bonds. The molecule has 1 heterocycles. The number of aryl methyl sites for hydroxylation is 1. The van der Waals surface area contributed by atoms with E-state index in [2.05, 4.69) is 10.3 Å². The number of pyridine rings is 1. The second-order valence-corrected chi connectivity index (χ2v) is 6.68. The zero-order valence-corrected chi connectivity index (χ0v) is 18.6. The van der Waals surface area contributed by atoms with Crippen LogP contribution in [0.4, 0.5) is 0 Å². The number of amides is 1. The number of carbonyl (C=O) groups is 1. The van der Waals surface area contributed by atoms with E-state index in [0.717, 1.165) is 29.7 Å². The van der Waals surface area contributed by atoms with Crippen LogP contribution in [-0.2, 0) is 11.3 Å². The first kappa shape index (κ1) is 26.2. The Kier molecular flexibility index (Phi) is 11.1. The van der Waals surface area contributed by atoms with Crippen molar-refractivity contribution in [2.45, 2.75) is 47.1 Å². The predicted molar refractivity (Wildman–Crippen MR) is 119 cm³/mol. The number of rotatable bonds is 8. The molecule has 0 unspecified atom stereocenters. The summed E-state index contributed by atoms with van der Waals surface area (Å²) in [6.07, 6.45) is 3.14. The minimum atomic E-state index is -0.495. The average Bonchev–Trinajstić information content (AvgIpc) is 2.66. The average molecular weight is 428 g/mol. The van der Waals surface area contributed by atoms with E-state index in [1.165, 1.54) is 5.56 Å². The molecule has 0 fully saturated rings. The Bertz CT molecular complexity index is 757. The molecule has 28 heavy (non-hydrogen) atoms. The first-order valence-corrected chi connectivity index (χ1v) is 9.13. The van der Waals surface area contributed by atoms with Crippen LogP contribution in [0.5, 0.6) is 11.6 Å². The molecule has 2 aromatic rings. The molecule has 0 aliphatic carbocycles. The summed E-state index contributed by atoms with van der Waals surface area (Å²) in [5, 5.41) is 3.00. The van der Waals surface area contributed by atoms with Crippen LogP contribution < -0.4 is 15.8 Å². The molecule has 156 valence electrons. The Labute approximate surface area is 180 Å². The second-order valence-electron chi connectivity index (χ2n) is 6.68. The number of benzene rings is 1. The van der Waals surface area contributed by atoms with Gasteiger partial charge in [-0.25, -0.2) is 4.98 Å². The molecule has 0 aliphatic rings. The lowest BCUT2D eigenvalue weighted by atomic mass is 9.81. The van der Waals surface area contributed by atoms with Gasteiger partial charge < -0.3 is 15.8 Å². The van der Waals surface area contributed by atoms with Gasteiger partial charge in [0.2, 0.25) is 11.8 Å². The molecule has 1 aromatic heterocycles. The lowest BCUT2D eigenvalue weighted by molar-refractivity contribution is -0.131. The predicted octanol–water partition coefficient (Wildman–Crippen LogP) is 4.72. The standard InChI is InChI=1S/C21H29N3O2.2ClH/c1-5-21(6-2,14-22)20(25)24-13-17-10-11-23-19(12-17)26-18-9-7-8-15(3)16(18)4;;/h7-12H,5-6,13-14,22H2,1-4H3,(H,24,25);2*1H. The van der Waals surface area contributed by atoms with Gasteiger partial charge in [-0.1, -0.05) is 26.0 Å². The highest BCUT2D eigenvalue weighted by molar-refractivity contribution is 5.85. The Morgan fingerprint density at radius 2 is 1.86 bits per heavy atom. The highest BCUT2D eigenvalue weighted by atomic mass is 35.5. The van der Waals surface area contributed by atoms with E-state index in [0.29, 0.717) is 19.0 Å². The van der Waals surface area contributed by atoms with Gasteiger partial charge in [-0.15, -0.1) is 24.8 Å². The molecule has 0 spiro atoms. The number of nitrogens with two attached hydrogens (primary N) is 1. The van der Waals surface area contributed by atoms with Crippen LogP contribution in [0.3, 0.4) is 0 Å². The van der Waals surface area contributed by atoms with Crippen LogP contribution >= 0.6 is 24.8 Å². The number of hydrogen-bond acceptors (Lipinski definition) is 4. The topological polar surface area (TPSA) is 77.2 Å². The fraction of sp³-hybridized carbons (Fsp3) is 0.429. The zero-order chi connectivity index (χ0) is 19.2. The van der Waals surface area contributed by atoms with E-state index < -0.39 is 5.41 Å². The molecule has 7 heteroatoms. The first-order valence-electron chi connectivity index (χ1n) is 9.13. The van der Waals surface area contributed by atoms with Crippen molar-refractivity contribution < 1.29 is 9.53 Å². The SMILES string of the molecule is CCC(CC)(CN)C(=O)NCc1ccnc(Oc2cccc(C)c2C)c1.Cl.Cl. The van der Waals surface area contributed by atoms with Crippen LogP contribution in [-0.4, -0.2) is 17.4 Å². The molecule has 0 atom stereocenters. The molecular weight excluding hydrogens is 397 g/mol. The summed E-state index contributed by atoms with van der Waals surface area (Å²) in [7, 11) is 0. The first-order chi connectivity index (χ1) is 12.5. The lowest BCUT2D eigenvalue weighted by Gasteiger charge is -2.28. The highest BCUT2D eigenvalue weighted by Gasteiger charge is 2.32. The summed E-state index contributed by atoms with van der Waals surface area (Å²) in [6.45, 7) is 8.84. The fourth-order valence-electron chi connectivity index (χ4n) is 2.89. The van der Waals surface area contributed by atoms with Crippen molar-refractivity contribution in [1.82, 2.24) is 10.3 Å². The van der Waals surface area contributed by atoms with Crippen molar-refractivity contribution in [1.29, 1.82) is 0 Å². The number of halogens is 2. The van der Waals surface area contributed by atoms with E-state index in [-0.39, 0.29) is 30.7 Å². The van der Waals surface area contributed by atoms with Gasteiger partial charge in [-0.2, -0.15) is 0 Å². The third kappa shape index (κ3) is 6.09. The van der Waals surface area contributed by atoms with E-state index in [4.69, 9.17) is 10.5 Å². The zero-order valence-electron chi connectivity index (χ0n) is 17.0. The summed E-state index contributed by atoms with van der Waals surface area (Å²) in [5.74, 6) is 1.30. The van der Waals surface area contributed by atoms with Gasteiger partial charge in [0.1, 0.15) is 5.75 Å². The maximum absolute atomic E-state index is 12.6. The van der Waals surface area contributed by atoms with Gasteiger partial charge in [0.25, 0.3) is 0 Å². The van der Waals surface area contributed by atoms with Crippen molar-refractivity contribution in [3.8, 4) is 11.6 Å². The van der Waals surface area contributed by atoms with Crippen molar-refractivity contribution in [3.63, 3.8) is 0 Å². The summed E-state index contributed by atoms with van der Waals surface area (Å²) >= 11 is 0. The number of ether oxygens (including phenoxy) is 1. The van der Waals surface area contributed by atoms with Crippen molar-refractivity contribution in [3.05, 3.63) is 53.2 Å². The number of carbonyl (C=O) groups excluding carboxylic acids is 1. The quantitative estimate of drug-likeness (QED) is 0.638. The molecule has 0 aliphatic heterocycles. The molecule has 0 radical (unpaired) electrons. The van der Waals surface area contributed by atoms with Gasteiger partial charge in [0, 0.05) is 25.4 Å². The second kappa shape index (κ2) is 11.9. The molecule has 0 saturated carbocycles. The van der Waals surface area contributed by atoms with Gasteiger partial charge in [-0.05, 0) is 55.5 Å². The van der Waals surface area contributed by atoms with Gasteiger partial charge in [0.05, 0.1) is 5.41 Å². The third-order valence-corrected chi connectivity index (χ3v) is 5.25. The number of nitrogens with zero attached hydrogens (tertiary/aromatic N) is 1. The Morgan fingerprint density at radius 1 is 1.18 bits per heavy atom. The number of nitrogens with one attached hydrogen (secondary N) is 1. The number of hydrogen-bond donors (Lipinski definition) is 2. The molecule has 0 saturated heterocycles. The fourth-order valence-corrected chi connectivity index (χ4v) is 2.89. The summed E-state index contributed by atoms with van der Waals surface area (Å²) in [6, 6.07) is 9.66. The van der Waals surface area contributed by atoms with Gasteiger partial charge >= 0.3 is 0 Å². The van der Waals surface area contributed by atoms with Crippen LogP contribution in [0, 0.1) is 19.3 Å². The van der Waals surface area contributed by atoms with E-state index in [1.54, 1.807) is 6.20 Å². The van der Waals surface area contributed by atoms with Crippen LogP contribution in [0.1, 0.15) is 43.4 Å². The van der Waals surface area contributed by atoms with Crippen molar-refractivity contribution in [2.75, 3.05) is 6.54 Å².